The fourth-order valence-electron chi connectivity index (χ4n) is 6.08. The van der Waals surface area contributed by atoms with Crippen molar-refractivity contribution in [3.63, 3.8) is 0 Å². The van der Waals surface area contributed by atoms with Crippen molar-refractivity contribution in [1.82, 2.24) is 20.0 Å². The summed E-state index contributed by atoms with van der Waals surface area (Å²) in [6, 6.07) is 21.4. The van der Waals surface area contributed by atoms with Gasteiger partial charge in [-0.05, 0) is 67.3 Å². The highest BCUT2D eigenvalue weighted by molar-refractivity contribution is 7.51. The van der Waals surface area contributed by atoms with Crippen LogP contribution in [0.1, 0.15) is 50.4 Å². The molecule has 2 aliphatic rings. The van der Waals surface area contributed by atoms with E-state index in [0.717, 1.165) is 51.1 Å². The molecule has 10 nitrogen and oxygen atoms in total. The van der Waals surface area contributed by atoms with Gasteiger partial charge in [0.2, 0.25) is 0 Å². The van der Waals surface area contributed by atoms with Crippen LogP contribution in [0.3, 0.4) is 0 Å². The van der Waals surface area contributed by atoms with Gasteiger partial charge in [-0.15, -0.1) is 13.2 Å². The maximum atomic E-state index is 13.3. The van der Waals surface area contributed by atoms with Gasteiger partial charge in [-0.2, -0.15) is 8.42 Å². The number of piperazine rings is 1. The molecule has 3 heterocycles. The van der Waals surface area contributed by atoms with Crippen LogP contribution in [-0.2, 0) is 24.7 Å². The average molecular weight is 699 g/mol. The first-order valence-corrected chi connectivity index (χ1v) is 16.6. The number of carbonyl (C=O) groups is 2. The lowest BCUT2D eigenvalue weighted by atomic mass is 10.0. The van der Waals surface area contributed by atoms with E-state index in [-0.39, 0.29) is 29.4 Å². The van der Waals surface area contributed by atoms with Crippen molar-refractivity contribution in [2.45, 2.75) is 45.3 Å². The van der Waals surface area contributed by atoms with Gasteiger partial charge >= 0.3 is 17.9 Å². The van der Waals surface area contributed by atoms with Crippen molar-refractivity contribution in [1.29, 1.82) is 0 Å². The smallest absolute Gasteiger partial charge is 0.451 e. The largest absolute Gasteiger partial charge is 0.573 e. The Balaban J connectivity index is 0.00000151. The minimum atomic E-state index is -4.71. The fraction of sp³-hybridized carbons (Fsp3) is 0.371. The van der Waals surface area contributed by atoms with E-state index < -0.39 is 17.9 Å². The van der Waals surface area contributed by atoms with Crippen LogP contribution < -0.4 is 10.1 Å². The van der Waals surface area contributed by atoms with Gasteiger partial charge in [0.05, 0.1) is 0 Å². The van der Waals surface area contributed by atoms with E-state index >= 15 is 0 Å². The Bertz CT molecular complexity index is 1760. The van der Waals surface area contributed by atoms with Gasteiger partial charge in [0.25, 0.3) is 11.8 Å². The first-order chi connectivity index (χ1) is 23.5. The molecule has 0 spiro atoms. The lowest BCUT2D eigenvalue weighted by Gasteiger charge is -2.34. The molecule has 0 radical (unpaired) electrons. The van der Waals surface area contributed by atoms with Crippen molar-refractivity contribution >= 4 is 34.4 Å². The summed E-state index contributed by atoms with van der Waals surface area (Å²) in [6.07, 6.45) is -3.24. The van der Waals surface area contributed by atoms with Crippen molar-refractivity contribution in [3.05, 3.63) is 101 Å². The van der Waals surface area contributed by atoms with E-state index in [0.29, 0.717) is 36.2 Å². The molecule has 0 unspecified atom stereocenters. The number of furan rings is 1. The molecule has 2 saturated heterocycles. The SMILES string of the molecule is Cc1ccc(CN2CCN(C(=O)c3ccc4oc(C(=O)NC5CCN(Cc6ccc(OC(F)(F)F)cc6)CC5)cc4c3)CC2)cc1.O=S=O. The van der Waals surface area contributed by atoms with Gasteiger partial charge in [-0.3, -0.25) is 19.4 Å². The molecule has 4 aromatic rings. The third-order valence-electron chi connectivity index (χ3n) is 8.66. The summed E-state index contributed by atoms with van der Waals surface area (Å²) in [5, 5.41) is 3.76. The highest BCUT2D eigenvalue weighted by Crippen LogP contribution is 2.25. The molecule has 6 rings (SSSR count). The molecule has 1 N–H and O–H groups in total. The normalized spacial score (nSPS) is 16.1. The number of nitrogens with one attached hydrogen (secondary N) is 1. The van der Waals surface area contributed by atoms with Crippen LogP contribution in [0.5, 0.6) is 5.75 Å². The standard InChI is InChI=1S/C35H37F3N4O4.O2S/c1-24-2-4-25(5-3-24)23-41-16-18-42(19-17-41)34(44)27-8-11-31-28(20-27)21-32(45-31)33(43)39-29-12-14-40(15-13-29)22-26-6-9-30(10-7-26)46-35(36,37)38;1-3-2/h2-11,20-21,29H,12-19,22-23H2,1H3,(H,39,43);. The molecule has 1 aromatic heterocycles. The summed E-state index contributed by atoms with van der Waals surface area (Å²) in [4.78, 5) is 32.8. The molecule has 2 aliphatic heterocycles. The van der Waals surface area contributed by atoms with Crippen molar-refractivity contribution in [2.75, 3.05) is 39.3 Å². The number of hydrogen-bond donors (Lipinski definition) is 1. The number of piperidine rings is 1. The monoisotopic (exact) mass is 698 g/mol. The van der Waals surface area contributed by atoms with Crippen molar-refractivity contribution < 1.29 is 40.3 Å². The van der Waals surface area contributed by atoms with Crippen molar-refractivity contribution in [2.24, 2.45) is 0 Å². The predicted octanol–water partition coefficient (Wildman–Crippen LogP) is 5.32. The number of benzene rings is 3. The van der Waals surface area contributed by atoms with Crippen LogP contribution in [0.2, 0.25) is 0 Å². The van der Waals surface area contributed by atoms with E-state index in [1.54, 1.807) is 36.4 Å². The van der Waals surface area contributed by atoms with Crippen molar-refractivity contribution in [3.8, 4) is 5.75 Å². The van der Waals surface area contributed by atoms with Gasteiger partial charge < -0.3 is 19.4 Å². The second-order valence-electron chi connectivity index (χ2n) is 12.2. The number of hydrogen-bond acceptors (Lipinski definition) is 8. The predicted molar refractivity (Wildman–Crippen MR) is 176 cm³/mol. The second kappa shape index (κ2) is 16.2. The van der Waals surface area contributed by atoms with E-state index in [1.807, 2.05) is 4.90 Å². The molecular weight excluding hydrogens is 661 g/mol. The summed E-state index contributed by atoms with van der Waals surface area (Å²) >= 11 is -0.750. The number of rotatable bonds is 8. The van der Waals surface area contributed by atoms with Gasteiger partial charge in [-0.1, -0.05) is 42.0 Å². The molecule has 0 saturated carbocycles. The third-order valence-corrected chi connectivity index (χ3v) is 8.66. The second-order valence-corrected chi connectivity index (χ2v) is 12.3. The Labute approximate surface area is 285 Å². The van der Waals surface area contributed by atoms with E-state index in [9.17, 15) is 22.8 Å². The molecule has 260 valence electrons. The summed E-state index contributed by atoms with van der Waals surface area (Å²) in [6.45, 7) is 7.95. The minimum Gasteiger partial charge on any atom is -0.451 e. The van der Waals surface area contributed by atoms with Crippen LogP contribution in [0, 0.1) is 6.92 Å². The summed E-state index contributed by atoms with van der Waals surface area (Å²) in [7, 11) is 0. The zero-order valence-corrected chi connectivity index (χ0v) is 27.7. The molecule has 49 heavy (non-hydrogen) atoms. The molecule has 0 aliphatic carbocycles. The zero-order valence-electron chi connectivity index (χ0n) is 26.9. The number of likely N-dealkylation sites (tertiary alicyclic amines) is 1. The number of carbonyl (C=O) groups excluding carboxylic acids is 2. The molecule has 2 fully saturated rings. The molecule has 0 atom stereocenters. The lowest BCUT2D eigenvalue weighted by Crippen LogP contribution is -2.48. The van der Waals surface area contributed by atoms with Crippen LogP contribution in [-0.4, -0.2) is 86.6 Å². The van der Waals surface area contributed by atoms with Gasteiger partial charge in [-0.25, -0.2) is 0 Å². The van der Waals surface area contributed by atoms with Crippen LogP contribution >= 0.6 is 0 Å². The van der Waals surface area contributed by atoms with E-state index in [1.165, 1.54) is 23.3 Å². The summed E-state index contributed by atoms with van der Waals surface area (Å²) < 4.78 is 63.5. The summed E-state index contributed by atoms with van der Waals surface area (Å²) in [5.74, 6) is -0.365. The maximum absolute atomic E-state index is 13.3. The van der Waals surface area contributed by atoms with Crippen LogP contribution in [0.15, 0.2) is 77.2 Å². The number of halogens is 3. The summed E-state index contributed by atoms with van der Waals surface area (Å²) in [5.41, 5.74) is 4.52. The number of fused-ring (bicyclic) bond motifs is 1. The first-order valence-electron chi connectivity index (χ1n) is 15.9. The number of amides is 2. The lowest BCUT2D eigenvalue weighted by molar-refractivity contribution is -0.274. The topological polar surface area (TPSA) is 112 Å². The Hall–Kier alpha value is -4.53. The molecule has 14 heteroatoms. The Morgan fingerprint density at radius 1 is 0.837 bits per heavy atom. The molecule has 3 aromatic carbocycles. The van der Waals surface area contributed by atoms with Gasteiger partial charge in [0, 0.05) is 69.3 Å². The van der Waals surface area contributed by atoms with Crippen LogP contribution in [0.25, 0.3) is 11.0 Å². The molecule has 0 bridgehead atoms. The van der Waals surface area contributed by atoms with E-state index in [2.05, 4.69) is 51.0 Å². The van der Waals surface area contributed by atoms with Gasteiger partial charge in [0.15, 0.2) is 5.76 Å². The Kier molecular flexibility index (Phi) is 11.9. The number of nitrogens with zero attached hydrogens (tertiary/aromatic N) is 3. The van der Waals surface area contributed by atoms with Gasteiger partial charge in [0.1, 0.15) is 11.3 Å². The molecular formula is C35H37F3N4O6S. The molecule has 2 amide bonds. The quantitative estimate of drug-likeness (QED) is 0.263. The third kappa shape index (κ3) is 10.2. The maximum Gasteiger partial charge on any atom is 0.573 e. The Morgan fingerprint density at radius 2 is 1.41 bits per heavy atom. The number of ether oxygens (including phenoxy) is 1. The number of aryl methyl sites for hydroxylation is 1. The first kappa shape index (κ1) is 35.8. The minimum absolute atomic E-state index is 0.0265. The number of alkyl halides is 3. The zero-order chi connectivity index (χ0) is 35.0. The average Bonchev–Trinajstić information content (AvgIpc) is 3.51. The van der Waals surface area contributed by atoms with Crippen LogP contribution in [0.4, 0.5) is 13.2 Å². The van der Waals surface area contributed by atoms with E-state index in [4.69, 9.17) is 12.8 Å². The fourth-order valence-corrected chi connectivity index (χ4v) is 6.08. The Morgan fingerprint density at radius 3 is 2.00 bits per heavy atom. The highest BCUT2D eigenvalue weighted by atomic mass is 32.1. The highest BCUT2D eigenvalue weighted by Gasteiger charge is 2.31.